The number of carbonyl (C=O) groups excluding carboxylic acids is 3. The second-order valence-electron chi connectivity index (χ2n) is 4.18. The van der Waals surface area contributed by atoms with Crippen LogP contribution in [0.4, 0.5) is 0 Å². The Morgan fingerprint density at radius 3 is 2.78 bits per heavy atom. The number of nitrogens with zero attached hydrogens (tertiary/aromatic N) is 1. The van der Waals surface area contributed by atoms with Crippen molar-refractivity contribution in [2.75, 3.05) is 0 Å². The van der Waals surface area contributed by atoms with E-state index in [1.54, 1.807) is 12.1 Å². The first-order chi connectivity index (χ1) is 8.69. The van der Waals surface area contributed by atoms with Gasteiger partial charge in [-0.3, -0.25) is 4.79 Å². The molecule has 0 spiro atoms. The van der Waals surface area contributed by atoms with Gasteiger partial charge in [0, 0.05) is 17.5 Å². The smallest absolute Gasteiger partial charge is 0.255 e. The topological polar surface area (TPSA) is 74.7 Å². The highest BCUT2D eigenvalue weighted by atomic mass is 16.3. The fraction of sp³-hybridized carbons (Fsp3) is 0.308. The number of phenols is 1. The van der Waals surface area contributed by atoms with Gasteiger partial charge in [-0.15, -0.1) is 0 Å². The van der Waals surface area contributed by atoms with Gasteiger partial charge in [0.1, 0.15) is 18.3 Å². The Morgan fingerprint density at radius 2 is 2.17 bits per heavy atom. The molecule has 0 fully saturated rings. The standard InChI is InChI=1S/C13H13NO4/c15-6-2-3-9(8-16)14-7-11-10(13(14)18)4-1-5-12(11)17/h1,4-6,8-9,17H,2-3,7H2. The molecule has 5 heteroatoms. The minimum absolute atomic E-state index is 0.0587. The third kappa shape index (κ3) is 1.99. The average Bonchev–Trinajstić information content (AvgIpc) is 2.70. The maximum Gasteiger partial charge on any atom is 0.255 e. The number of fused-ring (bicyclic) bond motifs is 1. The molecule has 2 rings (SSSR count). The number of amides is 1. The van der Waals surface area contributed by atoms with Crippen LogP contribution >= 0.6 is 0 Å². The van der Waals surface area contributed by atoms with Crippen LogP contribution in [0, 0.1) is 0 Å². The molecule has 0 saturated carbocycles. The maximum atomic E-state index is 12.1. The largest absolute Gasteiger partial charge is 0.508 e. The van der Waals surface area contributed by atoms with Gasteiger partial charge in [0.05, 0.1) is 12.6 Å². The van der Waals surface area contributed by atoms with Crippen LogP contribution in [-0.4, -0.2) is 34.5 Å². The third-order valence-corrected chi connectivity index (χ3v) is 3.11. The van der Waals surface area contributed by atoms with E-state index in [1.807, 2.05) is 0 Å². The number of carbonyl (C=O) groups is 3. The highest BCUT2D eigenvalue weighted by molar-refractivity contribution is 6.00. The lowest BCUT2D eigenvalue weighted by Gasteiger charge is -2.22. The molecule has 0 aliphatic carbocycles. The molecule has 0 aromatic heterocycles. The number of phenolic OH excluding ortho intramolecular Hbond substituents is 1. The molecule has 1 aliphatic heterocycles. The van der Waals surface area contributed by atoms with E-state index in [0.717, 1.165) is 6.29 Å². The lowest BCUT2D eigenvalue weighted by atomic mass is 10.1. The summed E-state index contributed by atoms with van der Waals surface area (Å²) < 4.78 is 0. The molecule has 1 aliphatic rings. The second-order valence-corrected chi connectivity index (χ2v) is 4.18. The zero-order valence-corrected chi connectivity index (χ0v) is 9.70. The normalized spacial score (nSPS) is 15.3. The minimum atomic E-state index is -0.616. The number of benzene rings is 1. The summed E-state index contributed by atoms with van der Waals surface area (Å²) in [7, 11) is 0. The Labute approximate surface area is 104 Å². The lowest BCUT2D eigenvalue weighted by molar-refractivity contribution is -0.112. The van der Waals surface area contributed by atoms with Gasteiger partial charge in [-0.2, -0.15) is 0 Å². The number of aldehydes is 2. The molecule has 5 nitrogen and oxygen atoms in total. The number of rotatable bonds is 5. The van der Waals surface area contributed by atoms with Gasteiger partial charge < -0.3 is 19.6 Å². The molecule has 1 amide bonds. The van der Waals surface area contributed by atoms with E-state index in [9.17, 15) is 19.5 Å². The summed E-state index contributed by atoms with van der Waals surface area (Å²) in [5.41, 5.74) is 0.966. The van der Waals surface area contributed by atoms with Crippen LogP contribution in [-0.2, 0) is 16.1 Å². The summed E-state index contributed by atoms with van der Waals surface area (Å²) in [4.78, 5) is 34.8. The van der Waals surface area contributed by atoms with E-state index in [0.29, 0.717) is 23.8 Å². The van der Waals surface area contributed by atoms with E-state index < -0.39 is 6.04 Å². The number of hydrogen-bond donors (Lipinski definition) is 1. The molecule has 1 atom stereocenters. The van der Waals surface area contributed by atoms with E-state index >= 15 is 0 Å². The molecule has 1 aromatic carbocycles. The zero-order valence-electron chi connectivity index (χ0n) is 9.70. The average molecular weight is 247 g/mol. The molecule has 1 heterocycles. The van der Waals surface area contributed by atoms with Crippen molar-refractivity contribution in [1.82, 2.24) is 4.90 Å². The van der Waals surface area contributed by atoms with Gasteiger partial charge in [0.2, 0.25) is 0 Å². The number of hydrogen-bond acceptors (Lipinski definition) is 4. The Hall–Kier alpha value is -2.17. The predicted molar refractivity (Wildman–Crippen MR) is 63.1 cm³/mol. The zero-order chi connectivity index (χ0) is 13.1. The molecule has 94 valence electrons. The van der Waals surface area contributed by atoms with E-state index in [-0.39, 0.29) is 24.6 Å². The first kappa shape index (κ1) is 12.3. The van der Waals surface area contributed by atoms with Crippen molar-refractivity contribution < 1.29 is 19.5 Å². The van der Waals surface area contributed by atoms with Gasteiger partial charge in [-0.1, -0.05) is 6.07 Å². The van der Waals surface area contributed by atoms with E-state index in [2.05, 4.69) is 0 Å². The van der Waals surface area contributed by atoms with Gasteiger partial charge in [0.15, 0.2) is 0 Å². The Balaban J connectivity index is 2.24. The van der Waals surface area contributed by atoms with Crippen LogP contribution in [0.2, 0.25) is 0 Å². The highest BCUT2D eigenvalue weighted by Gasteiger charge is 2.33. The van der Waals surface area contributed by atoms with E-state index in [4.69, 9.17) is 0 Å². The summed E-state index contributed by atoms with van der Waals surface area (Å²) >= 11 is 0. The summed E-state index contributed by atoms with van der Waals surface area (Å²) in [6.45, 7) is 0.211. The first-order valence-electron chi connectivity index (χ1n) is 5.69. The van der Waals surface area contributed by atoms with Crippen molar-refractivity contribution in [3.8, 4) is 5.75 Å². The van der Waals surface area contributed by atoms with Gasteiger partial charge in [-0.05, 0) is 18.6 Å². The minimum Gasteiger partial charge on any atom is -0.508 e. The van der Waals surface area contributed by atoms with Crippen LogP contribution in [0.3, 0.4) is 0 Å². The monoisotopic (exact) mass is 247 g/mol. The van der Waals surface area contributed by atoms with E-state index in [1.165, 1.54) is 11.0 Å². The first-order valence-corrected chi connectivity index (χ1v) is 5.69. The fourth-order valence-electron chi connectivity index (χ4n) is 2.14. The molecule has 0 bridgehead atoms. The second kappa shape index (κ2) is 5.00. The highest BCUT2D eigenvalue weighted by Crippen LogP contribution is 2.31. The van der Waals surface area contributed by atoms with Crippen LogP contribution in [0.1, 0.15) is 28.8 Å². The molecule has 0 radical (unpaired) electrons. The molecule has 18 heavy (non-hydrogen) atoms. The molecular formula is C13H13NO4. The molecule has 1 unspecified atom stereocenters. The van der Waals surface area contributed by atoms with Crippen molar-refractivity contribution in [3.63, 3.8) is 0 Å². The van der Waals surface area contributed by atoms with Crippen molar-refractivity contribution in [2.45, 2.75) is 25.4 Å². The van der Waals surface area contributed by atoms with Gasteiger partial charge >= 0.3 is 0 Å². The van der Waals surface area contributed by atoms with Crippen LogP contribution in [0.15, 0.2) is 18.2 Å². The quantitative estimate of drug-likeness (QED) is 0.784. The van der Waals surface area contributed by atoms with Crippen LogP contribution < -0.4 is 0 Å². The summed E-state index contributed by atoms with van der Waals surface area (Å²) in [5, 5.41) is 9.67. The SMILES string of the molecule is O=CCCC(C=O)N1Cc2c(O)cccc2C1=O. The molecular weight excluding hydrogens is 234 g/mol. The molecule has 0 saturated heterocycles. The predicted octanol–water partition coefficient (Wildman–Crippen LogP) is 0.895. The van der Waals surface area contributed by atoms with Crippen molar-refractivity contribution in [1.29, 1.82) is 0 Å². The summed E-state index contributed by atoms with van der Waals surface area (Å²) in [5.74, 6) is -0.215. The molecule has 1 N–H and O–H groups in total. The van der Waals surface area contributed by atoms with Gasteiger partial charge in [-0.25, -0.2) is 0 Å². The molecule has 1 aromatic rings. The Kier molecular flexibility index (Phi) is 3.41. The Bertz CT molecular complexity index is 498. The fourth-order valence-corrected chi connectivity index (χ4v) is 2.14. The summed E-state index contributed by atoms with van der Waals surface area (Å²) in [6.07, 6.45) is 1.94. The lowest BCUT2D eigenvalue weighted by Crippen LogP contribution is -2.36. The summed E-state index contributed by atoms with van der Waals surface area (Å²) in [6, 6.07) is 4.11. The number of aromatic hydroxyl groups is 1. The van der Waals surface area contributed by atoms with Crippen LogP contribution in [0.5, 0.6) is 5.75 Å². The van der Waals surface area contributed by atoms with Crippen LogP contribution in [0.25, 0.3) is 0 Å². The van der Waals surface area contributed by atoms with Crippen molar-refractivity contribution >= 4 is 18.5 Å². The maximum absolute atomic E-state index is 12.1. The third-order valence-electron chi connectivity index (χ3n) is 3.11. The van der Waals surface area contributed by atoms with Gasteiger partial charge in [0.25, 0.3) is 5.91 Å². The van der Waals surface area contributed by atoms with Crippen molar-refractivity contribution in [2.24, 2.45) is 0 Å². The Morgan fingerprint density at radius 1 is 1.39 bits per heavy atom. The van der Waals surface area contributed by atoms with Crippen molar-refractivity contribution in [3.05, 3.63) is 29.3 Å².